The lowest BCUT2D eigenvalue weighted by atomic mass is 10.0. The van der Waals surface area contributed by atoms with Gasteiger partial charge in [0.25, 0.3) is 0 Å². The number of ether oxygens (including phenoxy) is 6. The Bertz CT molecular complexity index is 1380. The molecule has 3 heterocycles. The third-order valence-electron chi connectivity index (χ3n) is 6.49. The van der Waals surface area contributed by atoms with Crippen molar-refractivity contribution < 1.29 is 28.4 Å². The number of hydrogen-bond donors (Lipinski definition) is 0. The summed E-state index contributed by atoms with van der Waals surface area (Å²) in [4.78, 5) is 7.35. The molecule has 8 nitrogen and oxygen atoms in total. The van der Waals surface area contributed by atoms with E-state index in [9.17, 15) is 0 Å². The zero-order valence-corrected chi connectivity index (χ0v) is 19.3. The fourth-order valence-corrected chi connectivity index (χ4v) is 4.68. The number of rotatable bonds is 6. The molecule has 0 atom stereocenters. The average Bonchev–Trinajstić information content (AvgIpc) is 3.34. The standard InChI is InChI=1S/C26H26N2O6/c1-29-21-13-19-17-4-3-16-11-23-24(34-15-33-23)12-18(16)25(17)27-26(20(19)14-22(21)30-2)32-10-7-28-5-8-31-9-6-28/h3-4,11-14H,5-10,15H2,1-2H3. The van der Waals surface area contributed by atoms with Gasteiger partial charge in [0, 0.05) is 41.2 Å². The molecule has 0 saturated carbocycles. The summed E-state index contributed by atoms with van der Waals surface area (Å²) in [6.45, 7) is 4.92. The fraction of sp³-hybridized carbons (Fsp3) is 0.346. The quantitative estimate of drug-likeness (QED) is 0.398. The number of fused-ring (bicyclic) bond motifs is 6. The number of nitrogens with zero attached hydrogens (tertiary/aromatic N) is 2. The topological polar surface area (TPSA) is 71.5 Å². The first-order chi connectivity index (χ1) is 16.7. The van der Waals surface area contributed by atoms with Crippen LogP contribution in [0, 0.1) is 0 Å². The first kappa shape index (κ1) is 21.1. The molecule has 0 unspecified atom stereocenters. The maximum atomic E-state index is 6.30. The number of pyridine rings is 1. The second-order valence-electron chi connectivity index (χ2n) is 8.36. The number of benzene rings is 3. The van der Waals surface area contributed by atoms with Gasteiger partial charge in [-0.15, -0.1) is 0 Å². The lowest BCUT2D eigenvalue weighted by molar-refractivity contribution is 0.0321. The lowest BCUT2D eigenvalue weighted by Crippen LogP contribution is -2.38. The largest absolute Gasteiger partial charge is 0.493 e. The molecule has 2 aliphatic rings. The van der Waals surface area contributed by atoms with E-state index >= 15 is 0 Å². The van der Waals surface area contributed by atoms with E-state index < -0.39 is 0 Å². The van der Waals surface area contributed by atoms with E-state index in [0.717, 1.165) is 76.8 Å². The van der Waals surface area contributed by atoms with E-state index in [4.69, 9.17) is 33.4 Å². The van der Waals surface area contributed by atoms with Crippen LogP contribution in [-0.4, -0.2) is 70.4 Å². The van der Waals surface area contributed by atoms with Crippen molar-refractivity contribution in [2.45, 2.75) is 0 Å². The van der Waals surface area contributed by atoms with E-state index in [1.54, 1.807) is 14.2 Å². The van der Waals surface area contributed by atoms with Gasteiger partial charge in [-0.2, -0.15) is 0 Å². The molecule has 34 heavy (non-hydrogen) atoms. The van der Waals surface area contributed by atoms with Gasteiger partial charge in [-0.1, -0.05) is 12.1 Å². The van der Waals surface area contributed by atoms with Crippen LogP contribution in [0.25, 0.3) is 32.4 Å². The Morgan fingerprint density at radius 1 is 0.853 bits per heavy atom. The summed E-state index contributed by atoms with van der Waals surface area (Å²) in [6.07, 6.45) is 0. The van der Waals surface area contributed by atoms with Crippen molar-refractivity contribution >= 4 is 32.4 Å². The number of aromatic nitrogens is 1. The molecule has 1 aromatic heterocycles. The molecule has 3 aromatic carbocycles. The Labute approximate surface area is 196 Å². The molecular formula is C26H26N2O6. The Morgan fingerprint density at radius 3 is 2.35 bits per heavy atom. The molecule has 8 heteroatoms. The highest BCUT2D eigenvalue weighted by atomic mass is 16.7. The molecular weight excluding hydrogens is 436 g/mol. The molecule has 2 aliphatic heterocycles. The molecule has 0 bridgehead atoms. The van der Waals surface area contributed by atoms with Gasteiger partial charge in [0.1, 0.15) is 6.61 Å². The summed E-state index contributed by atoms with van der Waals surface area (Å²) < 4.78 is 34.1. The maximum Gasteiger partial charge on any atom is 0.231 e. The molecule has 0 amide bonds. The molecule has 0 N–H and O–H groups in total. The van der Waals surface area contributed by atoms with Crippen molar-refractivity contribution in [2.75, 3.05) is 60.5 Å². The predicted molar refractivity (Wildman–Crippen MR) is 129 cm³/mol. The van der Waals surface area contributed by atoms with Crippen LogP contribution in [0.15, 0.2) is 36.4 Å². The van der Waals surface area contributed by atoms with Crippen LogP contribution in [-0.2, 0) is 4.74 Å². The van der Waals surface area contributed by atoms with Crippen LogP contribution in [0.5, 0.6) is 28.9 Å². The Balaban J connectivity index is 1.51. The molecule has 6 rings (SSSR count). The summed E-state index contributed by atoms with van der Waals surface area (Å²) in [6, 6.07) is 12.1. The zero-order valence-electron chi connectivity index (χ0n) is 19.3. The summed E-state index contributed by atoms with van der Waals surface area (Å²) in [7, 11) is 3.27. The minimum absolute atomic E-state index is 0.229. The first-order valence-electron chi connectivity index (χ1n) is 11.4. The molecule has 0 aliphatic carbocycles. The van der Waals surface area contributed by atoms with Gasteiger partial charge in [0.15, 0.2) is 23.0 Å². The van der Waals surface area contributed by atoms with Crippen LogP contribution < -0.4 is 23.7 Å². The van der Waals surface area contributed by atoms with Gasteiger partial charge in [-0.25, -0.2) is 4.98 Å². The minimum atomic E-state index is 0.229. The van der Waals surface area contributed by atoms with Crippen molar-refractivity contribution in [1.82, 2.24) is 9.88 Å². The van der Waals surface area contributed by atoms with Gasteiger partial charge in [0.2, 0.25) is 12.7 Å². The van der Waals surface area contributed by atoms with Crippen molar-refractivity contribution in [2.24, 2.45) is 0 Å². The Morgan fingerprint density at radius 2 is 1.59 bits per heavy atom. The smallest absolute Gasteiger partial charge is 0.231 e. The van der Waals surface area contributed by atoms with Crippen molar-refractivity contribution in [3.63, 3.8) is 0 Å². The summed E-state index contributed by atoms with van der Waals surface area (Å²) >= 11 is 0. The van der Waals surface area contributed by atoms with Gasteiger partial charge < -0.3 is 28.4 Å². The normalized spacial score (nSPS) is 15.8. The number of hydrogen-bond acceptors (Lipinski definition) is 8. The van der Waals surface area contributed by atoms with Crippen molar-refractivity contribution in [1.29, 1.82) is 0 Å². The van der Waals surface area contributed by atoms with Crippen LogP contribution in [0.1, 0.15) is 0 Å². The second kappa shape index (κ2) is 8.70. The number of morpholine rings is 1. The van der Waals surface area contributed by atoms with E-state index in [1.807, 2.05) is 24.3 Å². The highest BCUT2D eigenvalue weighted by Crippen LogP contribution is 2.43. The molecule has 176 valence electrons. The summed E-state index contributed by atoms with van der Waals surface area (Å²) in [5.74, 6) is 3.35. The predicted octanol–water partition coefficient (Wildman–Crippen LogP) is 4.00. The van der Waals surface area contributed by atoms with Gasteiger partial charge in [-0.05, 0) is 29.7 Å². The second-order valence-corrected chi connectivity index (χ2v) is 8.36. The van der Waals surface area contributed by atoms with E-state index in [-0.39, 0.29) is 6.79 Å². The summed E-state index contributed by atoms with van der Waals surface area (Å²) in [5, 5.41) is 4.89. The van der Waals surface area contributed by atoms with Crippen LogP contribution in [0.3, 0.4) is 0 Å². The lowest BCUT2D eigenvalue weighted by Gasteiger charge is -2.26. The molecule has 0 spiro atoms. The van der Waals surface area contributed by atoms with Gasteiger partial charge in [-0.3, -0.25) is 4.90 Å². The summed E-state index contributed by atoms with van der Waals surface area (Å²) in [5.41, 5.74) is 0.844. The SMILES string of the molecule is COc1cc2c(OCCN3CCOCC3)nc3c4cc5c(cc4ccc3c2cc1OC)OCO5. The molecule has 1 fully saturated rings. The average molecular weight is 463 g/mol. The number of methoxy groups -OCH3 is 2. The van der Waals surface area contributed by atoms with Crippen LogP contribution in [0.2, 0.25) is 0 Å². The maximum absolute atomic E-state index is 6.30. The third-order valence-corrected chi connectivity index (χ3v) is 6.49. The van der Waals surface area contributed by atoms with Crippen LogP contribution in [0.4, 0.5) is 0 Å². The monoisotopic (exact) mass is 462 g/mol. The van der Waals surface area contributed by atoms with E-state index in [2.05, 4.69) is 17.0 Å². The zero-order chi connectivity index (χ0) is 23.1. The Hall–Kier alpha value is -3.49. The van der Waals surface area contributed by atoms with Crippen molar-refractivity contribution in [3.05, 3.63) is 36.4 Å². The van der Waals surface area contributed by atoms with Gasteiger partial charge >= 0.3 is 0 Å². The van der Waals surface area contributed by atoms with Gasteiger partial charge in [0.05, 0.1) is 33.0 Å². The first-order valence-corrected chi connectivity index (χ1v) is 11.4. The molecule has 1 saturated heterocycles. The molecule has 0 radical (unpaired) electrons. The third kappa shape index (κ3) is 3.59. The van der Waals surface area contributed by atoms with E-state index in [0.29, 0.717) is 24.0 Å². The highest BCUT2D eigenvalue weighted by molar-refractivity contribution is 6.17. The van der Waals surface area contributed by atoms with E-state index in [1.165, 1.54) is 0 Å². The highest BCUT2D eigenvalue weighted by Gasteiger charge is 2.20. The van der Waals surface area contributed by atoms with Crippen molar-refractivity contribution in [3.8, 4) is 28.9 Å². The Kier molecular flexibility index (Phi) is 5.39. The fourth-order valence-electron chi connectivity index (χ4n) is 4.68. The van der Waals surface area contributed by atoms with Crippen LogP contribution >= 0.6 is 0 Å². The minimum Gasteiger partial charge on any atom is -0.493 e. The molecule has 4 aromatic rings.